The summed E-state index contributed by atoms with van der Waals surface area (Å²) in [6, 6.07) is 2.72. The monoisotopic (exact) mass is 355 g/mol. The first-order chi connectivity index (χ1) is 11.7. The SMILES string of the molecule is COc1ccc([N+](=O)[O-])cc1NC(=O)C[C@@H]([NH2+]CC[NH+](C)C)C(=O)[O-]. The number of nitrogens with one attached hydrogen (secondary N) is 2. The number of non-ortho nitro benzene ring substituents is 1. The smallest absolute Gasteiger partial charge is 0.271 e. The van der Waals surface area contributed by atoms with Gasteiger partial charge < -0.3 is 30.2 Å². The number of nitro benzene ring substituents is 1. The maximum absolute atomic E-state index is 12.1. The summed E-state index contributed by atoms with van der Waals surface area (Å²) >= 11 is 0. The van der Waals surface area contributed by atoms with Crippen LogP contribution < -0.4 is 25.4 Å². The van der Waals surface area contributed by atoms with E-state index < -0.39 is 22.8 Å². The van der Waals surface area contributed by atoms with Crippen molar-refractivity contribution < 1.29 is 34.6 Å². The molecule has 1 aromatic carbocycles. The number of methoxy groups -OCH3 is 1. The number of rotatable bonds is 10. The summed E-state index contributed by atoms with van der Waals surface area (Å²) < 4.78 is 5.05. The second-order valence-electron chi connectivity index (χ2n) is 5.80. The minimum absolute atomic E-state index is 0.108. The van der Waals surface area contributed by atoms with E-state index in [1.165, 1.54) is 24.6 Å². The van der Waals surface area contributed by atoms with Gasteiger partial charge in [0, 0.05) is 12.1 Å². The van der Waals surface area contributed by atoms with Crippen molar-refractivity contribution >= 4 is 23.3 Å². The molecule has 1 rings (SSSR count). The molecule has 0 bridgehead atoms. The lowest BCUT2D eigenvalue weighted by Crippen LogP contribution is -3.10. The summed E-state index contributed by atoms with van der Waals surface area (Å²) in [5.41, 5.74) is -0.107. The normalized spacial score (nSPS) is 11.8. The van der Waals surface area contributed by atoms with E-state index in [2.05, 4.69) is 5.32 Å². The van der Waals surface area contributed by atoms with E-state index in [1.807, 2.05) is 14.1 Å². The average Bonchev–Trinajstić information content (AvgIpc) is 2.53. The van der Waals surface area contributed by atoms with Crippen LogP contribution in [0.1, 0.15) is 6.42 Å². The van der Waals surface area contributed by atoms with Gasteiger partial charge in [0.15, 0.2) is 0 Å². The number of nitro groups is 1. The molecular formula is C15H23N4O6+. The van der Waals surface area contributed by atoms with E-state index in [-0.39, 0.29) is 23.5 Å². The van der Waals surface area contributed by atoms with E-state index in [0.29, 0.717) is 6.54 Å². The molecule has 10 nitrogen and oxygen atoms in total. The van der Waals surface area contributed by atoms with E-state index in [1.54, 1.807) is 0 Å². The highest BCUT2D eigenvalue weighted by atomic mass is 16.6. The van der Waals surface area contributed by atoms with Gasteiger partial charge in [-0.2, -0.15) is 0 Å². The fraction of sp³-hybridized carbons (Fsp3) is 0.467. The Kier molecular flexibility index (Phi) is 7.76. The minimum atomic E-state index is -1.34. The number of carboxylic acid groups (broad SMARTS) is 1. The number of hydrogen-bond donors (Lipinski definition) is 3. The summed E-state index contributed by atoms with van der Waals surface area (Å²) in [6.07, 6.45) is -0.322. The van der Waals surface area contributed by atoms with Crippen molar-refractivity contribution in [2.45, 2.75) is 12.5 Å². The van der Waals surface area contributed by atoms with Crippen LogP contribution in [-0.2, 0) is 9.59 Å². The van der Waals surface area contributed by atoms with Crippen molar-refractivity contribution in [1.82, 2.24) is 0 Å². The van der Waals surface area contributed by atoms with E-state index in [9.17, 15) is 24.8 Å². The Morgan fingerprint density at radius 1 is 1.40 bits per heavy atom. The number of quaternary nitrogens is 2. The second kappa shape index (κ2) is 9.55. The van der Waals surface area contributed by atoms with Gasteiger partial charge in [-0.25, -0.2) is 0 Å². The summed E-state index contributed by atoms with van der Waals surface area (Å²) in [4.78, 5) is 34.7. The number of carboxylic acids is 1. The summed E-state index contributed by atoms with van der Waals surface area (Å²) in [6.45, 7) is 1.25. The molecule has 0 fully saturated rings. The van der Waals surface area contributed by atoms with Crippen LogP contribution in [0.3, 0.4) is 0 Å². The highest BCUT2D eigenvalue weighted by Gasteiger charge is 2.20. The largest absolute Gasteiger partial charge is 0.544 e. The molecule has 0 saturated heterocycles. The van der Waals surface area contributed by atoms with E-state index >= 15 is 0 Å². The number of carbonyl (C=O) groups excluding carboxylic acids is 2. The van der Waals surface area contributed by atoms with Crippen molar-refractivity contribution in [2.24, 2.45) is 0 Å². The molecule has 0 aliphatic heterocycles. The zero-order chi connectivity index (χ0) is 19.0. The Morgan fingerprint density at radius 2 is 2.08 bits per heavy atom. The molecule has 10 heteroatoms. The predicted molar refractivity (Wildman–Crippen MR) is 86.2 cm³/mol. The van der Waals surface area contributed by atoms with Gasteiger partial charge in [0.25, 0.3) is 5.69 Å². The molecule has 138 valence electrons. The fourth-order valence-electron chi connectivity index (χ4n) is 2.14. The predicted octanol–water partition coefficient (Wildman–Crippen LogP) is -3.24. The Hall–Kier alpha value is -2.72. The molecule has 0 aliphatic carbocycles. The molecule has 4 N–H and O–H groups in total. The molecule has 0 aliphatic rings. The molecule has 25 heavy (non-hydrogen) atoms. The van der Waals surface area contributed by atoms with Crippen LogP contribution in [0.5, 0.6) is 5.75 Å². The molecule has 0 saturated carbocycles. The molecule has 1 aromatic rings. The number of hydrogen-bond acceptors (Lipinski definition) is 6. The van der Waals surface area contributed by atoms with Crippen LogP contribution >= 0.6 is 0 Å². The molecule has 0 heterocycles. The van der Waals surface area contributed by atoms with Gasteiger partial charge >= 0.3 is 0 Å². The van der Waals surface area contributed by atoms with Crippen molar-refractivity contribution in [3.8, 4) is 5.75 Å². The first-order valence-corrected chi connectivity index (χ1v) is 7.70. The third-order valence-corrected chi connectivity index (χ3v) is 3.47. The van der Waals surface area contributed by atoms with Gasteiger partial charge in [-0.15, -0.1) is 0 Å². The van der Waals surface area contributed by atoms with Crippen LogP contribution in [0, 0.1) is 10.1 Å². The van der Waals surface area contributed by atoms with Gasteiger partial charge in [-0.05, 0) is 6.07 Å². The molecule has 0 aromatic heterocycles. The number of likely N-dealkylation sites (N-methyl/N-ethyl adjacent to an activating group) is 1. The van der Waals surface area contributed by atoms with Gasteiger partial charge in [0.05, 0.1) is 44.2 Å². The summed E-state index contributed by atoms with van der Waals surface area (Å²) in [5, 5.41) is 26.0. The molecule has 1 atom stereocenters. The Labute approximate surface area is 144 Å². The quantitative estimate of drug-likeness (QED) is 0.297. The summed E-state index contributed by atoms with van der Waals surface area (Å²) in [5.74, 6) is -1.69. The van der Waals surface area contributed by atoms with Gasteiger partial charge in [0.2, 0.25) is 5.91 Å². The topological polar surface area (TPSA) is 143 Å². The van der Waals surface area contributed by atoms with E-state index in [0.717, 1.165) is 17.5 Å². The number of ether oxygens (including phenoxy) is 1. The van der Waals surface area contributed by atoms with Crippen molar-refractivity contribution in [3.05, 3.63) is 28.3 Å². The Morgan fingerprint density at radius 3 is 2.60 bits per heavy atom. The van der Waals surface area contributed by atoms with E-state index in [4.69, 9.17) is 4.74 Å². The van der Waals surface area contributed by atoms with Gasteiger partial charge in [-0.1, -0.05) is 0 Å². The Balaban J connectivity index is 2.77. The lowest BCUT2D eigenvalue weighted by molar-refractivity contribution is -0.876. The number of nitrogens with zero attached hydrogens (tertiary/aromatic N) is 1. The minimum Gasteiger partial charge on any atom is -0.544 e. The number of nitrogens with two attached hydrogens (primary N) is 1. The van der Waals surface area contributed by atoms with Crippen LogP contribution in [0.2, 0.25) is 0 Å². The second-order valence-corrected chi connectivity index (χ2v) is 5.80. The number of benzene rings is 1. The molecule has 0 radical (unpaired) electrons. The third-order valence-electron chi connectivity index (χ3n) is 3.47. The zero-order valence-electron chi connectivity index (χ0n) is 14.4. The van der Waals surface area contributed by atoms with Crippen molar-refractivity contribution in [3.63, 3.8) is 0 Å². The average molecular weight is 355 g/mol. The fourth-order valence-corrected chi connectivity index (χ4v) is 2.14. The number of carbonyl (C=O) groups is 2. The van der Waals surface area contributed by atoms with Gasteiger partial charge in [0.1, 0.15) is 24.9 Å². The van der Waals surface area contributed by atoms with Crippen molar-refractivity contribution in [1.29, 1.82) is 0 Å². The maximum Gasteiger partial charge on any atom is 0.271 e. The number of aliphatic carboxylic acids is 1. The van der Waals surface area contributed by atoms with Crippen molar-refractivity contribution in [2.75, 3.05) is 39.6 Å². The Bertz CT molecular complexity index is 634. The van der Waals surface area contributed by atoms with Crippen LogP contribution in [-0.4, -0.2) is 57.1 Å². The highest BCUT2D eigenvalue weighted by Crippen LogP contribution is 2.28. The standard InChI is InChI=1S/C15H22N4O6/c1-18(2)7-6-16-12(15(21)22)9-14(20)17-11-8-10(19(23)24)4-5-13(11)25-3/h4-5,8,12,16H,6-7,9H2,1-3H3,(H,17,20)(H,21,22)/p+1/t12-/m1/s1. The first-order valence-electron chi connectivity index (χ1n) is 7.70. The van der Waals surface area contributed by atoms with Crippen LogP contribution in [0.25, 0.3) is 0 Å². The van der Waals surface area contributed by atoms with Crippen LogP contribution in [0.15, 0.2) is 18.2 Å². The van der Waals surface area contributed by atoms with Crippen LogP contribution in [0.4, 0.5) is 11.4 Å². The number of amides is 1. The maximum atomic E-state index is 12.1. The zero-order valence-corrected chi connectivity index (χ0v) is 14.4. The number of anilines is 1. The molecule has 1 amide bonds. The highest BCUT2D eigenvalue weighted by molar-refractivity contribution is 5.95. The molecular weight excluding hydrogens is 332 g/mol. The molecule has 0 spiro atoms. The molecule has 0 unspecified atom stereocenters. The lowest BCUT2D eigenvalue weighted by atomic mass is 10.2. The van der Waals surface area contributed by atoms with Gasteiger partial charge in [-0.3, -0.25) is 14.9 Å². The summed E-state index contributed by atoms with van der Waals surface area (Å²) in [7, 11) is 5.23. The lowest BCUT2D eigenvalue weighted by Gasteiger charge is -2.17. The first kappa shape index (κ1) is 20.3. The third kappa shape index (κ3) is 6.73.